The Balaban J connectivity index is 2.40. The van der Waals surface area contributed by atoms with Crippen LogP contribution in [0, 0.1) is 0 Å². The highest BCUT2D eigenvalue weighted by Gasteiger charge is 2.45. The number of hydrogen-bond acceptors (Lipinski definition) is 2. The molecule has 60 valence electrons. The van der Waals surface area contributed by atoms with Gasteiger partial charge in [0.05, 0.1) is 0 Å². The van der Waals surface area contributed by atoms with Crippen LogP contribution in [0.3, 0.4) is 0 Å². The fourth-order valence-corrected chi connectivity index (χ4v) is 1.01. The quantitative estimate of drug-likeness (QED) is 0.349. The molecule has 1 saturated carbocycles. The largest absolute Gasteiger partial charge is 0.456 e. The maximum atomic E-state index is 10.8. The first-order valence-electron chi connectivity index (χ1n) is 3.69. The van der Waals surface area contributed by atoms with E-state index < -0.39 is 0 Å². The Morgan fingerprint density at radius 1 is 1.55 bits per heavy atom. The van der Waals surface area contributed by atoms with E-state index in [1.54, 1.807) is 6.08 Å². The second-order valence-electron chi connectivity index (χ2n) is 2.80. The van der Waals surface area contributed by atoms with Gasteiger partial charge >= 0.3 is 5.97 Å². The van der Waals surface area contributed by atoms with Gasteiger partial charge in [-0.05, 0) is 12.8 Å². The maximum absolute atomic E-state index is 10.8. The van der Waals surface area contributed by atoms with Gasteiger partial charge in [0.1, 0.15) is 5.60 Å². The highest BCUT2D eigenvalue weighted by atomic mass is 16.6. The van der Waals surface area contributed by atoms with Gasteiger partial charge in [0.2, 0.25) is 0 Å². The molecular formula is C9H12O2. The average Bonchev–Trinajstić information content (AvgIpc) is 2.70. The van der Waals surface area contributed by atoms with Crippen LogP contribution in [-0.2, 0) is 9.53 Å². The Labute approximate surface area is 66.5 Å². The van der Waals surface area contributed by atoms with E-state index in [4.69, 9.17) is 4.74 Å². The van der Waals surface area contributed by atoms with Crippen molar-refractivity contribution >= 4 is 5.97 Å². The molecule has 1 fully saturated rings. The average molecular weight is 152 g/mol. The molecule has 0 spiro atoms. The zero-order chi connectivity index (χ0) is 8.32. The van der Waals surface area contributed by atoms with Crippen molar-refractivity contribution in [2.24, 2.45) is 0 Å². The molecule has 1 rings (SSSR count). The lowest BCUT2D eigenvalue weighted by atomic mass is 10.2. The standard InChI is InChI=1S/C9H12O2/c1-3-5-9(6-7-9)11-8(10)4-2/h3-4H,1-2,5-7H2. The minimum Gasteiger partial charge on any atom is -0.456 e. The zero-order valence-corrected chi connectivity index (χ0v) is 6.51. The van der Waals surface area contributed by atoms with Gasteiger partial charge in [-0.2, -0.15) is 0 Å². The summed E-state index contributed by atoms with van der Waals surface area (Å²) in [6, 6.07) is 0. The van der Waals surface area contributed by atoms with E-state index in [0.29, 0.717) is 0 Å². The third kappa shape index (κ3) is 1.93. The molecule has 0 N–H and O–H groups in total. The number of carbonyl (C=O) groups is 1. The topological polar surface area (TPSA) is 26.3 Å². The van der Waals surface area contributed by atoms with E-state index in [1.807, 2.05) is 0 Å². The summed E-state index contributed by atoms with van der Waals surface area (Å²) in [5, 5.41) is 0. The number of esters is 1. The van der Waals surface area contributed by atoms with Crippen molar-refractivity contribution in [2.45, 2.75) is 24.9 Å². The maximum Gasteiger partial charge on any atom is 0.330 e. The molecule has 0 aromatic heterocycles. The number of rotatable bonds is 4. The highest BCUT2D eigenvalue weighted by molar-refractivity contribution is 5.81. The molecule has 11 heavy (non-hydrogen) atoms. The Bertz CT molecular complexity index is 190. The minimum absolute atomic E-state index is 0.215. The lowest BCUT2D eigenvalue weighted by molar-refractivity contribution is -0.144. The molecular weight excluding hydrogens is 140 g/mol. The second-order valence-corrected chi connectivity index (χ2v) is 2.80. The van der Waals surface area contributed by atoms with Crippen LogP contribution in [0.4, 0.5) is 0 Å². The van der Waals surface area contributed by atoms with E-state index in [0.717, 1.165) is 19.3 Å². The molecule has 0 amide bonds. The smallest absolute Gasteiger partial charge is 0.330 e. The monoisotopic (exact) mass is 152 g/mol. The van der Waals surface area contributed by atoms with Crippen molar-refractivity contribution in [3.8, 4) is 0 Å². The lowest BCUT2D eigenvalue weighted by Gasteiger charge is -2.12. The first-order valence-corrected chi connectivity index (χ1v) is 3.69. The molecule has 0 radical (unpaired) electrons. The predicted molar refractivity (Wildman–Crippen MR) is 43.1 cm³/mol. The summed E-state index contributed by atoms with van der Waals surface area (Å²) in [4.78, 5) is 10.8. The molecule has 0 aliphatic heterocycles. The number of carbonyl (C=O) groups excluding carboxylic acids is 1. The van der Waals surface area contributed by atoms with Gasteiger partial charge in [0, 0.05) is 12.5 Å². The number of hydrogen-bond donors (Lipinski definition) is 0. The Morgan fingerprint density at radius 3 is 2.55 bits per heavy atom. The fourth-order valence-electron chi connectivity index (χ4n) is 1.01. The molecule has 0 bridgehead atoms. The lowest BCUT2D eigenvalue weighted by Crippen LogP contribution is -2.16. The molecule has 0 atom stereocenters. The van der Waals surface area contributed by atoms with Crippen molar-refractivity contribution in [1.82, 2.24) is 0 Å². The van der Waals surface area contributed by atoms with E-state index >= 15 is 0 Å². The highest BCUT2D eigenvalue weighted by Crippen LogP contribution is 2.42. The minimum atomic E-state index is -0.329. The van der Waals surface area contributed by atoms with Crippen LogP contribution in [-0.4, -0.2) is 11.6 Å². The van der Waals surface area contributed by atoms with Crippen molar-refractivity contribution in [3.05, 3.63) is 25.3 Å². The van der Waals surface area contributed by atoms with Gasteiger partial charge < -0.3 is 4.74 Å². The van der Waals surface area contributed by atoms with Crippen molar-refractivity contribution in [3.63, 3.8) is 0 Å². The van der Waals surface area contributed by atoms with E-state index in [2.05, 4.69) is 13.2 Å². The summed E-state index contributed by atoms with van der Waals surface area (Å²) < 4.78 is 5.11. The Hall–Kier alpha value is -1.05. The molecule has 2 heteroatoms. The summed E-state index contributed by atoms with van der Waals surface area (Å²) in [6.45, 7) is 6.93. The SMILES string of the molecule is C=CCC1(OC(=O)C=C)CC1. The normalized spacial score (nSPS) is 18.5. The van der Waals surface area contributed by atoms with Crippen LogP contribution in [0.25, 0.3) is 0 Å². The number of ether oxygens (including phenoxy) is 1. The van der Waals surface area contributed by atoms with Crippen LogP contribution in [0.1, 0.15) is 19.3 Å². The van der Waals surface area contributed by atoms with Crippen molar-refractivity contribution < 1.29 is 9.53 Å². The summed E-state index contributed by atoms with van der Waals surface area (Å²) in [7, 11) is 0. The van der Waals surface area contributed by atoms with Crippen molar-refractivity contribution in [2.75, 3.05) is 0 Å². The van der Waals surface area contributed by atoms with E-state index in [1.165, 1.54) is 6.08 Å². The first-order chi connectivity index (χ1) is 5.22. The summed E-state index contributed by atoms with van der Waals surface area (Å²) >= 11 is 0. The zero-order valence-electron chi connectivity index (χ0n) is 6.51. The third-order valence-corrected chi connectivity index (χ3v) is 1.81. The van der Waals surface area contributed by atoms with Crippen LogP contribution >= 0.6 is 0 Å². The summed E-state index contributed by atoms with van der Waals surface area (Å²) in [6.07, 6.45) is 5.65. The van der Waals surface area contributed by atoms with Crippen molar-refractivity contribution in [1.29, 1.82) is 0 Å². The van der Waals surface area contributed by atoms with Gasteiger partial charge in [0.15, 0.2) is 0 Å². The molecule has 0 heterocycles. The van der Waals surface area contributed by atoms with E-state index in [9.17, 15) is 4.79 Å². The van der Waals surface area contributed by atoms with Gasteiger partial charge in [-0.15, -0.1) is 6.58 Å². The van der Waals surface area contributed by atoms with Crippen LogP contribution < -0.4 is 0 Å². The molecule has 1 aliphatic rings. The second kappa shape index (κ2) is 2.91. The molecule has 0 unspecified atom stereocenters. The fraction of sp³-hybridized carbons (Fsp3) is 0.444. The molecule has 1 aliphatic carbocycles. The summed E-state index contributed by atoms with van der Waals surface area (Å²) in [5.41, 5.74) is -0.215. The Morgan fingerprint density at radius 2 is 2.18 bits per heavy atom. The molecule has 0 aromatic carbocycles. The van der Waals surface area contributed by atoms with Crippen LogP contribution in [0.15, 0.2) is 25.3 Å². The molecule has 0 aromatic rings. The van der Waals surface area contributed by atoms with Crippen LogP contribution in [0.2, 0.25) is 0 Å². The van der Waals surface area contributed by atoms with Gasteiger partial charge in [0.25, 0.3) is 0 Å². The van der Waals surface area contributed by atoms with Gasteiger partial charge in [-0.1, -0.05) is 12.7 Å². The third-order valence-electron chi connectivity index (χ3n) is 1.81. The molecule has 2 nitrogen and oxygen atoms in total. The van der Waals surface area contributed by atoms with Gasteiger partial charge in [-0.25, -0.2) is 4.79 Å². The Kier molecular flexibility index (Phi) is 2.13. The van der Waals surface area contributed by atoms with Gasteiger partial charge in [-0.3, -0.25) is 0 Å². The van der Waals surface area contributed by atoms with Crippen LogP contribution in [0.5, 0.6) is 0 Å². The van der Waals surface area contributed by atoms with E-state index in [-0.39, 0.29) is 11.6 Å². The summed E-state index contributed by atoms with van der Waals surface area (Å²) in [5.74, 6) is -0.329. The predicted octanol–water partition coefficient (Wildman–Crippen LogP) is 1.82. The first kappa shape index (κ1) is 8.05. The molecule has 0 saturated heterocycles.